The Balaban J connectivity index is 1.36. The molecule has 0 atom stereocenters. The van der Waals surface area contributed by atoms with Crippen LogP contribution >= 0.6 is 0 Å². The summed E-state index contributed by atoms with van der Waals surface area (Å²) < 4.78 is 22.4. The van der Waals surface area contributed by atoms with Crippen LogP contribution in [0.1, 0.15) is 38.3 Å². The van der Waals surface area contributed by atoms with Crippen LogP contribution < -0.4 is 15.0 Å². The van der Waals surface area contributed by atoms with Gasteiger partial charge in [-0.3, -0.25) is 4.98 Å². The van der Waals surface area contributed by atoms with E-state index in [9.17, 15) is 4.39 Å². The molecule has 34 heavy (non-hydrogen) atoms. The number of piperidine rings is 1. The van der Waals surface area contributed by atoms with Crippen LogP contribution in [0.3, 0.4) is 0 Å². The Labute approximate surface area is 200 Å². The van der Waals surface area contributed by atoms with E-state index in [1.807, 2.05) is 30.1 Å². The van der Waals surface area contributed by atoms with Crippen molar-refractivity contribution < 1.29 is 9.13 Å². The molecule has 3 aromatic rings. The molecule has 5 rings (SSSR count). The number of pyridine rings is 1. The molecule has 0 spiro atoms. The molecule has 2 aliphatic heterocycles. The van der Waals surface area contributed by atoms with Crippen molar-refractivity contribution >= 4 is 17.3 Å². The molecule has 8 heteroatoms. The molecule has 0 amide bonds. The number of likely N-dealkylation sites (tertiary alicyclic amines) is 1. The number of aromatic nitrogens is 3. The minimum atomic E-state index is -0.355. The summed E-state index contributed by atoms with van der Waals surface area (Å²) in [4.78, 5) is 14.0. The lowest BCUT2D eigenvalue weighted by Gasteiger charge is -2.34. The third kappa shape index (κ3) is 4.46. The van der Waals surface area contributed by atoms with E-state index in [0.29, 0.717) is 29.9 Å². The van der Waals surface area contributed by atoms with E-state index in [-0.39, 0.29) is 11.9 Å². The van der Waals surface area contributed by atoms with Crippen molar-refractivity contribution in [3.8, 4) is 17.0 Å². The Hall–Kier alpha value is -3.13. The molecule has 2 aliphatic rings. The molecular weight excluding hydrogens is 431 g/mol. The van der Waals surface area contributed by atoms with Gasteiger partial charge in [0.05, 0.1) is 29.8 Å². The monoisotopic (exact) mass is 464 g/mol. The van der Waals surface area contributed by atoms with Crippen LogP contribution in [0.4, 0.5) is 21.7 Å². The van der Waals surface area contributed by atoms with Gasteiger partial charge in [-0.2, -0.15) is 0 Å². The number of aryl methyl sites for hydroxylation is 1. The number of hydrogen-bond acceptors (Lipinski definition) is 6. The highest BCUT2D eigenvalue weighted by Gasteiger charge is 2.25. The first kappa shape index (κ1) is 22.7. The molecule has 1 N–H and O–H groups in total. The van der Waals surface area contributed by atoms with Crippen LogP contribution in [-0.4, -0.2) is 58.8 Å². The molecule has 4 heterocycles. The first-order valence-electron chi connectivity index (χ1n) is 12.1. The molecule has 0 aliphatic carbocycles. The number of ether oxygens (including phenoxy) is 1. The molecule has 1 fully saturated rings. The van der Waals surface area contributed by atoms with Gasteiger partial charge in [-0.05, 0) is 71.1 Å². The Bertz CT molecular complexity index is 1150. The van der Waals surface area contributed by atoms with E-state index in [4.69, 9.17) is 14.7 Å². The van der Waals surface area contributed by atoms with Gasteiger partial charge in [-0.15, -0.1) is 0 Å². The summed E-state index contributed by atoms with van der Waals surface area (Å²) in [7, 11) is 4.10. The molecule has 1 aromatic carbocycles. The summed E-state index contributed by atoms with van der Waals surface area (Å²) in [6.07, 6.45) is 6.08. The van der Waals surface area contributed by atoms with E-state index in [1.165, 1.54) is 6.07 Å². The quantitative estimate of drug-likeness (QED) is 0.586. The van der Waals surface area contributed by atoms with Gasteiger partial charge in [-0.25, -0.2) is 9.37 Å². The van der Waals surface area contributed by atoms with Gasteiger partial charge in [0.15, 0.2) is 11.6 Å². The number of anilines is 3. The number of nitrogens with one attached hydrogen (secondary N) is 1. The Morgan fingerprint density at radius 3 is 2.62 bits per heavy atom. The van der Waals surface area contributed by atoms with E-state index in [1.54, 1.807) is 0 Å². The van der Waals surface area contributed by atoms with E-state index in [2.05, 4.69) is 48.1 Å². The predicted molar refractivity (Wildman–Crippen MR) is 134 cm³/mol. The lowest BCUT2D eigenvalue weighted by Crippen LogP contribution is -2.38. The van der Waals surface area contributed by atoms with Crippen molar-refractivity contribution in [2.24, 2.45) is 7.05 Å². The Kier molecular flexibility index (Phi) is 6.16. The number of rotatable bonds is 5. The summed E-state index contributed by atoms with van der Waals surface area (Å²) in [5.74, 6) is 1.18. The molecule has 2 aromatic heterocycles. The van der Waals surface area contributed by atoms with Crippen LogP contribution in [0.5, 0.6) is 5.75 Å². The second-order valence-corrected chi connectivity index (χ2v) is 9.68. The van der Waals surface area contributed by atoms with Crippen LogP contribution in [0.15, 0.2) is 36.7 Å². The predicted octanol–water partition coefficient (Wildman–Crippen LogP) is 4.78. The largest absolute Gasteiger partial charge is 0.486 e. The second kappa shape index (κ2) is 9.25. The molecule has 0 unspecified atom stereocenters. The van der Waals surface area contributed by atoms with Gasteiger partial charge < -0.3 is 24.4 Å². The summed E-state index contributed by atoms with van der Waals surface area (Å²) in [6, 6.07) is 7.91. The Morgan fingerprint density at radius 2 is 1.91 bits per heavy atom. The highest BCUT2D eigenvalue weighted by atomic mass is 19.1. The normalized spacial score (nSPS) is 17.1. The first-order chi connectivity index (χ1) is 16.4. The van der Waals surface area contributed by atoms with Crippen molar-refractivity contribution in [2.45, 2.75) is 38.6 Å². The number of fused-ring (bicyclic) bond motifs is 1. The van der Waals surface area contributed by atoms with Crippen molar-refractivity contribution in [2.75, 3.05) is 43.5 Å². The summed E-state index contributed by atoms with van der Waals surface area (Å²) in [5, 5.41) is 3.36. The molecule has 0 bridgehead atoms. The summed E-state index contributed by atoms with van der Waals surface area (Å²) in [5.41, 5.74) is 4.25. The summed E-state index contributed by atoms with van der Waals surface area (Å²) in [6.45, 7) is 7.68. The van der Waals surface area contributed by atoms with Crippen molar-refractivity contribution in [1.29, 1.82) is 0 Å². The lowest BCUT2D eigenvalue weighted by atomic mass is 9.93. The maximum Gasteiger partial charge on any atom is 0.207 e. The van der Waals surface area contributed by atoms with Gasteiger partial charge in [0, 0.05) is 36.5 Å². The van der Waals surface area contributed by atoms with Crippen LogP contribution in [0.25, 0.3) is 11.3 Å². The van der Waals surface area contributed by atoms with Gasteiger partial charge in [0.2, 0.25) is 5.95 Å². The fraction of sp³-hybridized carbons (Fsp3) is 0.462. The maximum atomic E-state index is 14.9. The van der Waals surface area contributed by atoms with Crippen molar-refractivity contribution in [1.82, 2.24) is 19.4 Å². The minimum Gasteiger partial charge on any atom is -0.486 e. The zero-order chi connectivity index (χ0) is 23.8. The fourth-order valence-corrected chi connectivity index (χ4v) is 4.86. The Morgan fingerprint density at radius 1 is 1.12 bits per heavy atom. The smallest absolute Gasteiger partial charge is 0.207 e. The van der Waals surface area contributed by atoms with E-state index in [0.717, 1.165) is 55.1 Å². The molecule has 7 nitrogen and oxygen atoms in total. The zero-order valence-electron chi connectivity index (χ0n) is 20.4. The highest BCUT2D eigenvalue weighted by Crippen LogP contribution is 2.39. The third-order valence-electron chi connectivity index (χ3n) is 6.89. The maximum absolute atomic E-state index is 14.9. The number of benzene rings is 1. The lowest BCUT2D eigenvalue weighted by molar-refractivity contribution is 0.253. The number of imidazole rings is 1. The van der Waals surface area contributed by atoms with Gasteiger partial charge in [0.1, 0.15) is 6.61 Å². The van der Waals surface area contributed by atoms with Crippen LogP contribution in [-0.2, 0) is 7.05 Å². The van der Waals surface area contributed by atoms with Gasteiger partial charge in [0.25, 0.3) is 0 Å². The van der Waals surface area contributed by atoms with E-state index < -0.39 is 0 Å². The molecular formula is C26H33FN6O. The average molecular weight is 465 g/mol. The zero-order valence-corrected chi connectivity index (χ0v) is 20.4. The van der Waals surface area contributed by atoms with Gasteiger partial charge in [-0.1, -0.05) is 0 Å². The van der Waals surface area contributed by atoms with Gasteiger partial charge >= 0.3 is 0 Å². The molecule has 0 saturated carbocycles. The topological polar surface area (TPSA) is 58.5 Å². The number of nitrogens with zero attached hydrogens (tertiary/aromatic N) is 5. The van der Waals surface area contributed by atoms with Crippen molar-refractivity contribution in [3.05, 3.63) is 48.2 Å². The van der Waals surface area contributed by atoms with Crippen LogP contribution in [0.2, 0.25) is 0 Å². The molecule has 1 saturated heterocycles. The molecule has 0 radical (unpaired) electrons. The van der Waals surface area contributed by atoms with E-state index >= 15 is 0 Å². The SMILES string of the molecule is CC(C)N1CCOc2c(F)cc(-c3cn(C)c(Nc4ccc(C5CCN(C)CC5)nc4)n3)cc21. The standard InChI is InChI=1S/C26H33FN6O/c1-17(2)33-11-12-34-25-21(27)13-19(14-24(25)33)23-16-32(4)26(30-23)29-20-5-6-22(28-15-20)18-7-9-31(3)10-8-18/h5-6,13-18H,7-12H2,1-4H3,(H,29,30). The molecule has 180 valence electrons. The fourth-order valence-electron chi connectivity index (χ4n) is 4.86. The third-order valence-corrected chi connectivity index (χ3v) is 6.89. The average Bonchev–Trinajstić information content (AvgIpc) is 3.20. The highest BCUT2D eigenvalue weighted by molar-refractivity contribution is 5.73. The second-order valence-electron chi connectivity index (χ2n) is 9.68. The first-order valence-corrected chi connectivity index (χ1v) is 12.1. The minimum absolute atomic E-state index is 0.253. The van der Waals surface area contributed by atoms with Crippen molar-refractivity contribution in [3.63, 3.8) is 0 Å². The van der Waals surface area contributed by atoms with Crippen LogP contribution in [0, 0.1) is 5.82 Å². The number of hydrogen-bond donors (Lipinski definition) is 1. The number of halogens is 1. The summed E-state index contributed by atoms with van der Waals surface area (Å²) >= 11 is 0.